The van der Waals surface area contributed by atoms with Crippen molar-refractivity contribution in [2.75, 3.05) is 11.9 Å². The number of aromatic nitrogens is 5. The summed E-state index contributed by atoms with van der Waals surface area (Å²) in [5.41, 5.74) is 0.645. The van der Waals surface area contributed by atoms with Gasteiger partial charge >= 0.3 is 6.18 Å². The minimum absolute atomic E-state index is 0.183. The van der Waals surface area contributed by atoms with Gasteiger partial charge in [-0.25, -0.2) is 9.97 Å². The standard InChI is InChI=1S/C23H26F3N7O/c1-4-17(31-20-8-6-16(12-27-20)23(24,25)26)19-11-14(2)13-32(19)22(34)21-18(7-5-15(3)30-21)33-28-9-10-29-33/h5-10,12,14,17,19H,4,11,13H2,1-3H3,(H,27,31). The lowest BCUT2D eigenvalue weighted by Crippen LogP contribution is -2.46. The highest BCUT2D eigenvalue weighted by Crippen LogP contribution is 2.32. The predicted molar refractivity (Wildman–Crippen MR) is 119 cm³/mol. The lowest BCUT2D eigenvalue weighted by atomic mass is 9.99. The Hall–Kier alpha value is -3.50. The predicted octanol–water partition coefficient (Wildman–Crippen LogP) is 4.13. The van der Waals surface area contributed by atoms with Crippen molar-refractivity contribution in [2.24, 2.45) is 5.92 Å². The number of likely N-dealkylation sites (tertiary alicyclic amines) is 1. The van der Waals surface area contributed by atoms with Gasteiger partial charge in [0.15, 0.2) is 5.69 Å². The highest BCUT2D eigenvalue weighted by molar-refractivity contribution is 5.96. The summed E-state index contributed by atoms with van der Waals surface area (Å²) < 4.78 is 38.6. The largest absolute Gasteiger partial charge is 0.417 e. The first-order chi connectivity index (χ1) is 16.2. The van der Waals surface area contributed by atoms with Crippen LogP contribution in [-0.4, -0.2) is 54.4 Å². The van der Waals surface area contributed by atoms with Crippen LogP contribution in [0.4, 0.5) is 19.0 Å². The van der Waals surface area contributed by atoms with Crippen molar-refractivity contribution >= 4 is 11.7 Å². The Morgan fingerprint density at radius 2 is 1.94 bits per heavy atom. The van der Waals surface area contributed by atoms with Gasteiger partial charge in [-0.2, -0.15) is 23.4 Å². The number of nitrogens with zero attached hydrogens (tertiary/aromatic N) is 6. The first-order valence-electron chi connectivity index (χ1n) is 11.1. The molecule has 3 unspecified atom stereocenters. The van der Waals surface area contributed by atoms with Gasteiger partial charge in [-0.05, 0) is 49.9 Å². The third kappa shape index (κ3) is 4.87. The van der Waals surface area contributed by atoms with Crippen molar-refractivity contribution in [1.82, 2.24) is 29.9 Å². The van der Waals surface area contributed by atoms with E-state index in [1.165, 1.54) is 23.3 Å². The van der Waals surface area contributed by atoms with Crippen LogP contribution in [-0.2, 0) is 6.18 Å². The number of amides is 1. The van der Waals surface area contributed by atoms with Crippen LogP contribution in [0.2, 0.25) is 0 Å². The highest BCUT2D eigenvalue weighted by atomic mass is 19.4. The van der Waals surface area contributed by atoms with Crippen LogP contribution < -0.4 is 5.32 Å². The van der Waals surface area contributed by atoms with Crippen molar-refractivity contribution in [1.29, 1.82) is 0 Å². The molecular weight excluding hydrogens is 447 g/mol. The van der Waals surface area contributed by atoms with Crippen LogP contribution >= 0.6 is 0 Å². The van der Waals surface area contributed by atoms with E-state index in [4.69, 9.17) is 0 Å². The van der Waals surface area contributed by atoms with Crippen LogP contribution in [0, 0.1) is 12.8 Å². The molecule has 4 heterocycles. The summed E-state index contributed by atoms with van der Waals surface area (Å²) in [7, 11) is 0. The Kier molecular flexibility index (Phi) is 6.54. The van der Waals surface area contributed by atoms with Gasteiger partial charge in [-0.3, -0.25) is 4.79 Å². The lowest BCUT2D eigenvalue weighted by Gasteiger charge is -2.32. The molecule has 1 saturated heterocycles. The summed E-state index contributed by atoms with van der Waals surface area (Å²) in [5, 5.41) is 11.5. The smallest absolute Gasteiger partial charge is 0.365 e. The third-order valence-electron chi connectivity index (χ3n) is 5.99. The molecule has 11 heteroatoms. The molecule has 0 bridgehead atoms. The molecule has 1 fully saturated rings. The number of hydrogen-bond donors (Lipinski definition) is 1. The maximum Gasteiger partial charge on any atom is 0.417 e. The fraction of sp³-hybridized carbons (Fsp3) is 0.435. The van der Waals surface area contributed by atoms with Gasteiger partial charge in [0.05, 0.1) is 24.0 Å². The first kappa shape index (κ1) is 23.7. The number of rotatable bonds is 6. The average molecular weight is 474 g/mol. The molecule has 3 aromatic rings. The number of alkyl halides is 3. The van der Waals surface area contributed by atoms with E-state index in [0.717, 1.165) is 18.7 Å². The van der Waals surface area contributed by atoms with Gasteiger partial charge in [0.2, 0.25) is 0 Å². The van der Waals surface area contributed by atoms with E-state index in [1.54, 1.807) is 17.0 Å². The number of anilines is 1. The van der Waals surface area contributed by atoms with E-state index in [9.17, 15) is 18.0 Å². The van der Waals surface area contributed by atoms with E-state index in [2.05, 4.69) is 32.4 Å². The minimum atomic E-state index is -4.44. The molecule has 1 aliphatic heterocycles. The topological polar surface area (TPSA) is 88.8 Å². The highest BCUT2D eigenvalue weighted by Gasteiger charge is 2.39. The van der Waals surface area contributed by atoms with Gasteiger partial charge in [-0.15, -0.1) is 4.80 Å². The van der Waals surface area contributed by atoms with E-state index < -0.39 is 11.7 Å². The summed E-state index contributed by atoms with van der Waals surface area (Å²) in [6, 6.07) is 5.51. The molecule has 34 heavy (non-hydrogen) atoms. The van der Waals surface area contributed by atoms with Gasteiger partial charge in [0.25, 0.3) is 5.91 Å². The summed E-state index contributed by atoms with van der Waals surface area (Å²) >= 11 is 0. The molecule has 0 aromatic carbocycles. The zero-order valence-electron chi connectivity index (χ0n) is 19.1. The Bertz CT molecular complexity index is 1130. The second-order valence-electron chi connectivity index (χ2n) is 8.59. The third-order valence-corrected chi connectivity index (χ3v) is 5.99. The second kappa shape index (κ2) is 9.40. The summed E-state index contributed by atoms with van der Waals surface area (Å²) in [4.78, 5) is 25.3. The molecular formula is C23H26F3N7O. The Labute approximate surface area is 195 Å². The van der Waals surface area contributed by atoms with Crippen LogP contribution in [0.1, 0.15) is 48.4 Å². The van der Waals surface area contributed by atoms with Crippen LogP contribution in [0.5, 0.6) is 0 Å². The molecule has 1 amide bonds. The Balaban J connectivity index is 1.60. The Morgan fingerprint density at radius 3 is 2.56 bits per heavy atom. The maximum atomic E-state index is 13.7. The number of nitrogens with one attached hydrogen (secondary N) is 1. The maximum absolute atomic E-state index is 13.7. The molecule has 8 nitrogen and oxygen atoms in total. The fourth-order valence-corrected chi connectivity index (χ4v) is 4.35. The van der Waals surface area contributed by atoms with Crippen LogP contribution in [0.3, 0.4) is 0 Å². The molecule has 0 saturated carbocycles. The normalized spacial score (nSPS) is 19.3. The van der Waals surface area contributed by atoms with Gasteiger partial charge in [0.1, 0.15) is 11.5 Å². The fourth-order valence-electron chi connectivity index (χ4n) is 4.35. The monoisotopic (exact) mass is 473 g/mol. The average Bonchev–Trinajstić information content (AvgIpc) is 3.46. The van der Waals surface area contributed by atoms with Crippen molar-refractivity contribution in [3.63, 3.8) is 0 Å². The van der Waals surface area contributed by atoms with Gasteiger partial charge in [-0.1, -0.05) is 13.8 Å². The molecule has 3 atom stereocenters. The number of carbonyl (C=O) groups is 1. The first-order valence-corrected chi connectivity index (χ1v) is 11.1. The molecule has 0 radical (unpaired) electrons. The zero-order chi connectivity index (χ0) is 24.5. The molecule has 1 N–H and O–H groups in total. The zero-order valence-corrected chi connectivity index (χ0v) is 19.1. The number of carbonyl (C=O) groups excluding carboxylic acids is 1. The van der Waals surface area contributed by atoms with Crippen LogP contribution in [0.15, 0.2) is 42.9 Å². The van der Waals surface area contributed by atoms with E-state index >= 15 is 0 Å². The van der Waals surface area contributed by atoms with E-state index in [0.29, 0.717) is 30.2 Å². The molecule has 1 aliphatic rings. The van der Waals surface area contributed by atoms with Crippen molar-refractivity contribution in [2.45, 2.75) is 51.9 Å². The van der Waals surface area contributed by atoms with Crippen molar-refractivity contribution in [3.05, 3.63) is 59.8 Å². The summed E-state index contributed by atoms with van der Waals surface area (Å²) in [6.45, 7) is 6.40. The van der Waals surface area contributed by atoms with Gasteiger partial charge in [0, 0.05) is 24.5 Å². The minimum Gasteiger partial charge on any atom is -0.365 e. The van der Waals surface area contributed by atoms with E-state index in [1.807, 2.05) is 13.8 Å². The Morgan fingerprint density at radius 1 is 1.21 bits per heavy atom. The molecule has 4 rings (SSSR count). The molecule has 0 spiro atoms. The molecule has 0 aliphatic carbocycles. The summed E-state index contributed by atoms with van der Waals surface area (Å²) in [5.74, 6) is 0.356. The van der Waals surface area contributed by atoms with Crippen molar-refractivity contribution in [3.8, 4) is 5.69 Å². The van der Waals surface area contributed by atoms with Gasteiger partial charge < -0.3 is 10.2 Å². The van der Waals surface area contributed by atoms with E-state index in [-0.39, 0.29) is 29.6 Å². The number of hydrogen-bond acceptors (Lipinski definition) is 6. The second-order valence-corrected chi connectivity index (χ2v) is 8.59. The van der Waals surface area contributed by atoms with Crippen molar-refractivity contribution < 1.29 is 18.0 Å². The number of halogens is 3. The number of aryl methyl sites for hydroxylation is 1. The summed E-state index contributed by atoms with van der Waals surface area (Å²) in [6.07, 6.45) is 0.834. The quantitative estimate of drug-likeness (QED) is 0.579. The number of pyridine rings is 2. The molecule has 180 valence electrons. The molecule has 3 aromatic heterocycles. The lowest BCUT2D eigenvalue weighted by molar-refractivity contribution is -0.137. The SMILES string of the molecule is CCC(Nc1ccc(C(F)(F)F)cn1)C1CC(C)CN1C(=O)c1nc(C)ccc1-n1nccn1. The van der Waals surface area contributed by atoms with Crippen LogP contribution in [0.25, 0.3) is 5.69 Å².